The SMILES string of the molecule is CCCCc1noc(C(C)N2CCC(c3ccnn3CCO)CC2)n1. The summed E-state index contributed by atoms with van der Waals surface area (Å²) in [5, 5.41) is 17.6. The van der Waals surface area contributed by atoms with Crippen molar-refractivity contribution in [1.82, 2.24) is 24.8 Å². The van der Waals surface area contributed by atoms with E-state index in [4.69, 9.17) is 9.63 Å². The van der Waals surface area contributed by atoms with Crippen LogP contribution >= 0.6 is 0 Å². The molecule has 1 aliphatic rings. The number of aryl methyl sites for hydroxylation is 1. The molecule has 0 amide bonds. The molecule has 1 atom stereocenters. The Kier molecular flexibility index (Phi) is 6.20. The van der Waals surface area contributed by atoms with Crippen molar-refractivity contribution >= 4 is 0 Å². The molecule has 3 rings (SSSR count). The first-order chi connectivity index (χ1) is 12.2. The highest BCUT2D eigenvalue weighted by Gasteiger charge is 2.28. The molecule has 0 bridgehead atoms. The lowest BCUT2D eigenvalue weighted by Crippen LogP contribution is -2.35. The molecule has 0 aromatic carbocycles. The van der Waals surface area contributed by atoms with Gasteiger partial charge in [-0.25, -0.2) is 0 Å². The molecule has 0 saturated carbocycles. The summed E-state index contributed by atoms with van der Waals surface area (Å²) in [5.74, 6) is 2.06. The molecule has 0 spiro atoms. The van der Waals surface area contributed by atoms with Gasteiger partial charge in [-0.2, -0.15) is 10.1 Å². The Hall–Kier alpha value is -1.73. The second-order valence-electron chi connectivity index (χ2n) is 6.84. The average Bonchev–Trinajstić information content (AvgIpc) is 3.29. The van der Waals surface area contributed by atoms with Crippen LogP contribution < -0.4 is 0 Å². The molecule has 3 heterocycles. The van der Waals surface area contributed by atoms with Crippen LogP contribution in [0.1, 0.15) is 68.9 Å². The van der Waals surface area contributed by atoms with Crippen molar-refractivity contribution in [3.05, 3.63) is 29.7 Å². The first kappa shape index (κ1) is 18.1. The van der Waals surface area contributed by atoms with E-state index < -0.39 is 0 Å². The molecule has 0 radical (unpaired) electrons. The Morgan fingerprint density at radius 2 is 2.16 bits per heavy atom. The number of hydrogen-bond acceptors (Lipinski definition) is 6. The van der Waals surface area contributed by atoms with Crippen LogP contribution in [-0.4, -0.2) is 49.6 Å². The summed E-state index contributed by atoms with van der Waals surface area (Å²) in [5.41, 5.74) is 1.24. The van der Waals surface area contributed by atoms with Crippen LogP contribution in [0.3, 0.4) is 0 Å². The number of aliphatic hydroxyl groups is 1. The van der Waals surface area contributed by atoms with Crippen molar-refractivity contribution in [1.29, 1.82) is 0 Å². The number of rotatable bonds is 8. The quantitative estimate of drug-likeness (QED) is 0.790. The van der Waals surface area contributed by atoms with Gasteiger partial charge in [-0.05, 0) is 45.3 Å². The van der Waals surface area contributed by atoms with Gasteiger partial charge in [-0.1, -0.05) is 18.5 Å². The summed E-state index contributed by atoms with van der Waals surface area (Å²) >= 11 is 0. The van der Waals surface area contributed by atoms with Gasteiger partial charge in [0.1, 0.15) is 0 Å². The third-order valence-corrected chi connectivity index (χ3v) is 5.15. The molecule has 25 heavy (non-hydrogen) atoms. The van der Waals surface area contributed by atoms with Gasteiger partial charge in [-0.15, -0.1) is 0 Å². The van der Waals surface area contributed by atoms with Gasteiger partial charge in [0.25, 0.3) is 0 Å². The molecular weight excluding hydrogens is 318 g/mol. The van der Waals surface area contributed by atoms with E-state index in [9.17, 15) is 0 Å². The van der Waals surface area contributed by atoms with Crippen LogP contribution in [0.4, 0.5) is 0 Å². The predicted octanol–water partition coefficient (Wildman–Crippen LogP) is 2.54. The van der Waals surface area contributed by atoms with Gasteiger partial charge < -0.3 is 9.63 Å². The van der Waals surface area contributed by atoms with Gasteiger partial charge in [0.2, 0.25) is 5.89 Å². The van der Waals surface area contributed by atoms with E-state index >= 15 is 0 Å². The molecule has 1 N–H and O–H groups in total. The maximum Gasteiger partial charge on any atom is 0.243 e. The monoisotopic (exact) mass is 347 g/mol. The van der Waals surface area contributed by atoms with Crippen LogP contribution in [0.5, 0.6) is 0 Å². The van der Waals surface area contributed by atoms with Crippen molar-refractivity contribution in [2.75, 3.05) is 19.7 Å². The van der Waals surface area contributed by atoms with E-state index in [2.05, 4.69) is 40.1 Å². The van der Waals surface area contributed by atoms with E-state index in [1.54, 1.807) is 0 Å². The maximum atomic E-state index is 9.17. The molecule has 1 unspecified atom stereocenters. The smallest absolute Gasteiger partial charge is 0.243 e. The van der Waals surface area contributed by atoms with Crippen LogP contribution in [0.25, 0.3) is 0 Å². The maximum absolute atomic E-state index is 9.17. The Labute approximate surface area is 149 Å². The fraction of sp³-hybridized carbons (Fsp3) is 0.722. The van der Waals surface area contributed by atoms with Gasteiger partial charge in [0.05, 0.1) is 19.2 Å². The van der Waals surface area contributed by atoms with Gasteiger partial charge >= 0.3 is 0 Å². The lowest BCUT2D eigenvalue weighted by atomic mass is 9.92. The minimum atomic E-state index is 0.127. The van der Waals surface area contributed by atoms with Gasteiger partial charge in [0, 0.05) is 24.2 Å². The molecule has 0 aliphatic carbocycles. The number of likely N-dealkylation sites (tertiary alicyclic amines) is 1. The van der Waals surface area contributed by atoms with Crippen molar-refractivity contribution in [2.45, 2.75) is 64.5 Å². The van der Waals surface area contributed by atoms with Crippen LogP contribution in [0.15, 0.2) is 16.8 Å². The van der Waals surface area contributed by atoms with E-state index in [1.807, 2.05) is 10.9 Å². The number of nitrogens with zero attached hydrogens (tertiary/aromatic N) is 5. The Bertz CT molecular complexity index is 645. The van der Waals surface area contributed by atoms with Crippen LogP contribution in [-0.2, 0) is 13.0 Å². The highest BCUT2D eigenvalue weighted by atomic mass is 16.5. The Balaban J connectivity index is 1.56. The zero-order chi connectivity index (χ0) is 17.6. The minimum absolute atomic E-state index is 0.127. The summed E-state index contributed by atoms with van der Waals surface area (Å²) < 4.78 is 7.41. The van der Waals surface area contributed by atoms with Crippen molar-refractivity contribution < 1.29 is 9.63 Å². The third kappa shape index (κ3) is 4.27. The second kappa shape index (κ2) is 8.58. The number of aliphatic hydroxyl groups excluding tert-OH is 1. The Morgan fingerprint density at radius 3 is 2.88 bits per heavy atom. The minimum Gasteiger partial charge on any atom is -0.394 e. The molecule has 7 nitrogen and oxygen atoms in total. The standard InChI is InChI=1S/C18H29N5O2/c1-3-4-5-17-20-18(25-21-17)14(2)22-10-7-15(8-11-22)16-6-9-19-23(16)12-13-24/h6,9,14-15,24H,3-5,7-8,10-13H2,1-2H3. The van der Waals surface area contributed by atoms with E-state index in [1.165, 1.54) is 5.69 Å². The third-order valence-electron chi connectivity index (χ3n) is 5.15. The van der Waals surface area contributed by atoms with Crippen molar-refractivity contribution in [2.24, 2.45) is 0 Å². The van der Waals surface area contributed by atoms with E-state index in [-0.39, 0.29) is 12.6 Å². The number of piperidine rings is 1. The zero-order valence-electron chi connectivity index (χ0n) is 15.3. The van der Waals surface area contributed by atoms with Crippen LogP contribution in [0, 0.1) is 0 Å². The molecule has 2 aromatic rings. The summed E-state index contributed by atoms with van der Waals surface area (Å²) in [6.45, 7) is 7.02. The fourth-order valence-electron chi connectivity index (χ4n) is 3.58. The topological polar surface area (TPSA) is 80.2 Å². The molecular formula is C18H29N5O2. The predicted molar refractivity (Wildman–Crippen MR) is 94.2 cm³/mol. The highest BCUT2D eigenvalue weighted by Crippen LogP contribution is 2.31. The fourth-order valence-corrected chi connectivity index (χ4v) is 3.58. The highest BCUT2D eigenvalue weighted by molar-refractivity contribution is 5.10. The number of aromatic nitrogens is 4. The first-order valence-electron chi connectivity index (χ1n) is 9.42. The lowest BCUT2D eigenvalue weighted by Gasteiger charge is -2.34. The van der Waals surface area contributed by atoms with Crippen molar-refractivity contribution in [3.8, 4) is 0 Å². The largest absolute Gasteiger partial charge is 0.394 e. The molecule has 7 heteroatoms. The van der Waals surface area contributed by atoms with Gasteiger partial charge in [0.15, 0.2) is 5.82 Å². The van der Waals surface area contributed by atoms with E-state index in [0.29, 0.717) is 12.5 Å². The first-order valence-corrected chi connectivity index (χ1v) is 9.42. The molecule has 1 fully saturated rings. The summed E-state index contributed by atoms with van der Waals surface area (Å²) in [7, 11) is 0. The summed E-state index contributed by atoms with van der Waals surface area (Å²) in [4.78, 5) is 6.99. The van der Waals surface area contributed by atoms with Gasteiger partial charge in [-0.3, -0.25) is 9.58 Å². The second-order valence-corrected chi connectivity index (χ2v) is 6.84. The number of hydrogen-bond donors (Lipinski definition) is 1. The summed E-state index contributed by atoms with van der Waals surface area (Å²) in [6.07, 6.45) is 7.12. The molecule has 138 valence electrons. The molecule has 1 saturated heterocycles. The number of unbranched alkanes of at least 4 members (excludes halogenated alkanes) is 1. The normalized spacial score (nSPS) is 17.9. The lowest BCUT2D eigenvalue weighted by molar-refractivity contribution is 0.134. The Morgan fingerprint density at radius 1 is 1.36 bits per heavy atom. The van der Waals surface area contributed by atoms with Crippen molar-refractivity contribution in [3.63, 3.8) is 0 Å². The van der Waals surface area contributed by atoms with E-state index in [0.717, 1.165) is 56.9 Å². The molecule has 2 aromatic heterocycles. The van der Waals surface area contributed by atoms with Crippen LogP contribution in [0.2, 0.25) is 0 Å². The average molecular weight is 347 g/mol. The summed E-state index contributed by atoms with van der Waals surface area (Å²) in [6, 6.07) is 2.24. The molecule has 1 aliphatic heterocycles. The zero-order valence-corrected chi connectivity index (χ0v) is 15.3.